The van der Waals surface area contributed by atoms with E-state index in [9.17, 15) is 0 Å². The molecule has 0 bridgehead atoms. The summed E-state index contributed by atoms with van der Waals surface area (Å²) in [6.07, 6.45) is 2.66. The summed E-state index contributed by atoms with van der Waals surface area (Å²) in [7, 11) is 0. The van der Waals surface area contributed by atoms with E-state index >= 15 is 0 Å². The van der Waals surface area contributed by atoms with Crippen molar-refractivity contribution >= 4 is 0 Å². The van der Waals surface area contributed by atoms with E-state index in [1.165, 1.54) is 13.0 Å². The Morgan fingerprint density at radius 3 is 2.65 bits per heavy atom. The van der Waals surface area contributed by atoms with Crippen molar-refractivity contribution < 1.29 is 4.74 Å². The number of nitrogens with two attached hydrogens (primary N) is 1. The van der Waals surface area contributed by atoms with Crippen LogP contribution >= 0.6 is 0 Å². The lowest BCUT2D eigenvalue weighted by Crippen LogP contribution is -2.47. The summed E-state index contributed by atoms with van der Waals surface area (Å²) in [5, 5.41) is 0. The lowest BCUT2D eigenvalue weighted by molar-refractivity contribution is 0.0307. The third-order valence-corrected chi connectivity index (χ3v) is 4.12. The van der Waals surface area contributed by atoms with Crippen LogP contribution in [0.3, 0.4) is 0 Å². The molecule has 1 aliphatic rings. The highest BCUT2D eigenvalue weighted by atomic mass is 16.5. The van der Waals surface area contributed by atoms with E-state index in [4.69, 9.17) is 10.5 Å². The molecule has 1 rings (SSSR count). The van der Waals surface area contributed by atoms with E-state index in [1.807, 2.05) is 6.92 Å². The Labute approximate surface area is 107 Å². The van der Waals surface area contributed by atoms with Gasteiger partial charge in [-0.05, 0) is 38.5 Å². The second-order valence-electron chi connectivity index (χ2n) is 5.66. The number of rotatable bonds is 6. The molecule has 3 nitrogen and oxygen atoms in total. The monoisotopic (exact) mass is 242 g/mol. The van der Waals surface area contributed by atoms with Crippen LogP contribution in [-0.2, 0) is 4.74 Å². The molecule has 0 aromatic carbocycles. The van der Waals surface area contributed by atoms with Gasteiger partial charge in [-0.1, -0.05) is 13.8 Å². The SMILES string of the molecule is CCOC(CN)CCN1CC(C)CC(C)C1C. The van der Waals surface area contributed by atoms with Gasteiger partial charge in [0.1, 0.15) is 0 Å². The lowest BCUT2D eigenvalue weighted by atomic mass is 9.86. The molecular weight excluding hydrogens is 212 g/mol. The maximum atomic E-state index is 5.72. The van der Waals surface area contributed by atoms with E-state index < -0.39 is 0 Å². The number of piperidine rings is 1. The van der Waals surface area contributed by atoms with Gasteiger partial charge in [0, 0.05) is 32.3 Å². The molecule has 0 spiro atoms. The summed E-state index contributed by atoms with van der Waals surface area (Å²) < 4.78 is 5.62. The van der Waals surface area contributed by atoms with Gasteiger partial charge in [-0.2, -0.15) is 0 Å². The Morgan fingerprint density at radius 2 is 2.06 bits per heavy atom. The predicted octanol–water partition coefficient (Wildman–Crippen LogP) is 2.11. The molecule has 0 aromatic heterocycles. The zero-order valence-electron chi connectivity index (χ0n) is 12.0. The quantitative estimate of drug-likeness (QED) is 0.775. The number of hydrogen-bond acceptors (Lipinski definition) is 3. The van der Waals surface area contributed by atoms with E-state index in [-0.39, 0.29) is 6.10 Å². The van der Waals surface area contributed by atoms with Gasteiger partial charge in [-0.3, -0.25) is 0 Å². The van der Waals surface area contributed by atoms with Crippen LogP contribution in [0, 0.1) is 11.8 Å². The number of likely N-dealkylation sites (tertiary alicyclic amines) is 1. The minimum atomic E-state index is 0.236. The molecule has 1 aliphatic heterocycles. The fourth-order valence-corrected chi connectivity index (χ4v) is 2.94. The van der Waals surface area contributed by atoms with Crippen molar-refractivity contribution in [3.8, 4) is 0 Å². The maximum absolute atomic E-state index is 5.72. The van der Waals surface area contributed by atoms with Gasteiger partial charge in [-0.25, -0.2) is 0 Å². The zero-order chi connectivity index (χ0) is 12.8. The topological polar surface area (TPSA) is 38.5 Å². The van der Waals surface area contributed by atoms with Gasteiger partial charge in [0.15, 0.2) is 0 Å². The van der Waals surface area contributed by atoms with E-state index in [1.54, 1.807) is 0 Å². The van der Waals surface area contributed by atoms with Crippen LogP contribution in [0.2, 0.25) is 0 Å². The molecule has 1 fully saturated rings. The molecule has 102 valence electrons. The van der Waals surface area contributed by atoms with Crippen LogP contribution in [-0.4, -0.2) is 43.3 Å². The fourth-order valence-electron chi connectivity index (χ4n) is 2.94. The van der Waals surface area contributed by atoms with E-state index in [0.717, 1.165) is 31.4 Å². The zero-order valence-corrected chi connectivity index (χ0v) is 12.0. The standard InChI is InChI=1S/C14H30N2O/c1-5-17-14(9-15)6-7-16-10-11(2)8-12(3)13(16)4/h11-14H,5-10,15H2,1-4H3. The predicted molar refractivity (Wildman–Crippen MR) is 73.1 cm³/mol. The van der Waals surface area contributed by atoms with E-state index in [0.29, 0.717) is 12.6 Å². The smallest absolute Gasteiger partial charge is 0.0709 e. The Hall–Kier alpha value is -0.120. The highest BCUT2D eigenvalue weighted by Crippen LogP contribution is 2.26. The third kappa shape index (κ3) is 4.57. The van der Waals surface area contributed by atoms with Gasteiger partial charge in [0.2, 0.25) is 0 Å². The fraction of sp³-hybridized carbons (Fsp3) is 1.00. The molecule has 0 aromatic rings. The van der Waals surface area contributed by atoms with Crippen molar-refractivity contribution in [3.63, 3.8) is 0 Å². The van der Waals surface area contributed by atoms with Gasteiger partial charge >= 0.3 is 0 Å². The third-order valence-electron chi connectivity index (χ3n) is 4.12. The van der Waals surface area contributed by atoms with Crippen molar-refractivity contribution in [1.82, 2.24) is 4.90 Å². The molecule has 3 heteroatoms. The normalized spacial score (nSPS) is 32.6. The van der Waals surface area contributed by atoms with Crippen molar-refractivity contribution in [2.24, 2.45) is 17.6 Å². The Kier molecular flexibility index (Phi) is 6.45. The molecule has 0 saturated carbocycles. The highest BCUT2D eigenvalue weighted by molar-refractivity contribution is 4.82. The van der Waals surface area contributed by atoms with Crippen molar-refractivity contribution in [3.05, 3.63) is 0 Å². The van der Waals surface area contributed by atoms with E-state index in [2.05, 4.69) is 25.7 Å². The summed E-state index contributed by atoms with van der Waals surface area (Å²) in [5.41, 5.74) is 5.72. The van der Waals surface area contributed by atoms with Gasteiger partial charge in [0.05, 0.1) is 6.10 Å². The summed E-state index contributed by atoms with van der Waals surface area (Å²) in [4.78, 5) is 2.61. The average Bonchev–Trinajstić information content (AvgIpc) is 2.30. The first kappa shape index (κ1) is 14.9. The molecule has 2 N–H and O–H groups in total. The van der Waals surface area contributed by atoms with Crippen molar-refractivity contribution in [1.29, 1.82) is 0 Å². The first-order valence-corrected chi connectivity index (χ1v) is 7.14. The van der Waals surface area contributed by atoms with Crippen LogP contribution < -0.4 is 5.73 Å². The van der Waals surface area contributed by atoms with Crippen LogP contribution in [0.25, 0.3) is 0 Å². The number of ether oxygens (including phenoxy) is 1. The van der Waals surface area contributed by atoms with Crippen molar-refractivity contribution in [2.75, 3.05) is 26.2 Å². The minimum Gasteiger partial charge on any atom is -0.377 e. The molecule has 0 radical (unpaired) electrons. The van der Waals surface area contributed by atoms with Crippen LogP contribution in [0.1, 0.15) is 40.5 Å². The molecule has 4 atom stereocenters. The van der Waals surface area contributed by atoms with Gasteiger partial charge in [0.25, 0.3) is 0 Å². The summed E-state index contributed by atoms with van der Waals surface area (Å²) in [6, 6.07) is 0.700. The average molecular weight is 242 g/mol. The largest absolute Gasteiger partial charge is 0.377 e. The molecule has 0 aliphatic carbocycles. The van der Waals surface area contributed by atoms with Gasteiger partial charge in [-0.15, -0.1) is 0 Å². The Bertz CT molecular complexity index is 210. The Morgan fingerprint density at radius 1 is 1.35 bits per heavy atom. The van der Waals surface area contributed by atoms with Gasteiger partial charge < -0.3 is 15.4 Å². The second kappa shape index (κ2) is 7.34. The summed E-state index contributed by atoms with van der Waals surface area (Å²) in [6.45, 7) is 12.9. The summed E-state index contributed by atoms with van der Waals surface area (Å²) in [5.74, 6) is 1.63. The second-order valence-corrected chi connectivity index (χ2v) is 5.66. The molecule has 0 amide bonds. The number of hydrogen-bond donors (Lipinski definition) is 1. The molecule has 17 heavy (non-hydrogen) atoms. The van der Waals surface area contributed by atoms with Crippen LogP contribution in [0.15, 0.2) is 0 Å². The van der Waals surface area contributed by atoms with Crippen molar-refractivity contribution in [2.45, 2.75) is 52.7 Å². The molecule has 1 saturated heterocycles. The van der Waals surface area contributed by atoms with Crippen LogP contribution in [0.5, 0.6) is 0 Å². The first-order valence-electron chi connectivity index (χ1n) is 7.14. The minimum absolute atomic E-state index is 0.236. The number of nitrogens with zero attached hydrogens (tertiary/aromatic N) is 1. The summed E-state index contributed by atoms with van der Waals surface area (Å²) >= 11 is 0. The first-order chi connectivity index (χ1) is 8.08. The highest BCUT2D eigenvalue weighted by Gasteiger charge is 2.28. The molecule has 4 unspecified atom stereocenters. The maximum Gasteiger partial charge on any atom is 0.0709 e. The van der Waals surface area contributed by atoms with Crippen LogP contribution in [0.4, 0.5) is 0 Å². The molecule has 1 heterocycles. The molecular formula is C14H30N2O. The Balaban J connectivity index is 2.38. The lowest BCUT2D eigenvalue weighted by Gasteiger charge is -2.41.